The minimum Gasteiger partial charge on any atom is -0.392 e. The number of aliphatic hydroxyl groups excluding tert-OH is 1. The molecule has 1 rings (SSSR count). The average Bonchev–Trinajstić information content (AvgIpc) is 1.90. The molecule has 3 N–H and O–H groups in total. The number of hydrogen-bond donors (Lipinski definition) is 2. The monoisotopic (exact) mass is 125 g/mol. The van der Waals surface area contributed by atoms with E-state index in [2.05, 4.69) is 0 Å². The lowest BCUT2D eigenvalue weighted by Crippen LogP contribution is -2.17. The maximum absolute atomic E-state index is 8.62. The van der Waals surface area contributed by atoms with Crippen LogP contribution in [0.3, 0.4) is 0 Å². The van der Waals surface area contributed by atoms with E-state index in [1.54, 1.807) is 0 Å². The van der Waals surface area contributed by atoms with Gasteiger partial charge >= 0.3 is 0 Å². The lowest BCUT2D eigenvalue weighted by molar-refractivity contribution is 0.334. The molecule has 1 atom stereocenters. The SMILES string of the molecule is N[C@@H]1C=CC(CO)=CC1. The Labute approximate surface area is 54.7 Å². The van der Waals surface area contributed by atoms with Crippen molar-refractivity contribution in [3.8, 4) is 0 Å². The molecule has 0 radical (unpaired) electrons. The van der Waals surface area contributed by atoms with Crippen LogP contribution in [0.15, 0.2) is 23.8 Å². The summed E-state index contributed by atoms with van der Waals surface area (Å²) in [5.41, 5.74) is 6.51. The molecule has 0 aromatic heterocycles. The molecule has 0 saturated heterocycles. The van der Waals surface area contributed by atoms with Crippen LogP contribution < -0.4 is 5.73 Å². The van der Waals surface area contributed by atoms with Gasteiger partial charge in [0.25, 0.3) is 0 Å². The Morgan fingerprint density at radius 3 is 3.00 bits per heavy atom. The van der Waals surface area contributed by atoms with Gasteiger partial charge in [-0.3, -0.25) is 0 Å². The lowest BCUT2D eigenvalue weighted by atomic mass is 10.0. The Kier molecular flexibility index (Phi) is 2.03. The second-order valence-electron chi connectivity index (χ2n) is 2.20. The zero-order chi connectivity index (χ0) is 6.69. The third-order valence-corrected chi connectivity index (χ3v) is 1.39. The Morgan fingerprint density at radius 1 is 1.78 bits per heavy atom. The highest BCUT2D eigenvalue weighted by atomic mass is 16.3. The highest BCUT2D eigenvalue weighted by Gasteiger charge is 2.00. The Bertz CT molecular complexity index is 149. The summed E-state index contributed by atoms with van der Waals surface area (Å²) in [5.74, 6) is 0. The largest absolute Gasteiger partial charge is 0.392 e. The molecule has 0 spiro atoms. The van der Waals surface area contributed by atoms with Gasteiger partial charge in [0.15, 0.2) is 0 Å². The van der Waals surface area contributed by atoms with E-state index in [4.69, 9.17) is 10.8 Å². The van der Waals surface area contributed by atoms with Crippen molar-refractivity contribution in [1.82, 2.24) is 0 Å². The summed E-state index contributed by atoms with van der Waals surface area (Å²) in [5, 5.41) is 8.62. The molecule has 0 fully saturated rings. The van der Waals surface area contributed by atoms with Crippen molar-refractivity contribution < 1.29 is 5.11 Å². The highest BCUT2D eigenvalue weighted by Crippen LogP contribution is 2.07. The molecule has 1 aliphatic rings. The van der Waals surface area contributed by atoms with Crippen molar-refractivity contribution >= 4 is 0 Å². The van der Waals surface area contributed by atoms with Crippen molar-refractivity contribution in [1.29, 1.82) is 0 Å². The summed E-state index contributed by atoms with van der Waals surface area (Å²) in [4.78, 5) is 0. The normalized spacial score (nSPS) is 26.0. The molecule has 0 heterocycles. The standard InChI is InChI=1S/C7H11NO/c8-7-3-1-6(5-9)2-4-7/h1-3,7,9H,4-5,8H2/t7-/m1/s1. The predicted molar refractivity (Wildman–Crippen MR) is 36.9 cm³/mol. The number of nitrogens with two attached hydrogens (primary N) is 1. The van der Waals surface area contributed by atoms with Crippen LogP contribution in [-0.2, 0) is 0 Å². The number of rotatable bonds is 1. The predicted octanol–water partition coefficient (Wildman–Crippen LogP) is 0.192. The van der Waals surface area contributed by atoms with Crippen molar-refractivity contribution in [2.24, 2.45) is 5.73 Å². The van der Waals surface area contributed by atoms with Gasteiger partial charge in [-0.25, -0.2) is 0 Å². The first kappa shape index (κ1) is 6.52. The third-order valence-electron chi connectivity index (χ3n) is 1.39. The van der Waals surface area contributed by atoms with Crippen LogP contribution in [0, 0.1) is 0 Å². The summed E-state index contributed by atoms with van der Waals surface area (Å²) in [6.07, 6.45) is 6.59. The number of hydrogen-bond acceptors (Lipinski definition) is 2. The van der Waals surface area contributed by atoms with Crippen molar-refractivity contribution in [2.75, 3.05) is 6.61 Å². The van der Waals surface area contributed by atoms with Gasteiger partial charge in [0, 0.05) is 6.04 Å². The van der Waals surface area contributed by atoms with E-state index in [0.29, 0.717) is 0 Å². The summed E-state index contributed by atoms with van der Waals surface area (Å²) in [6, 6.07) is 0.153. The molecule has 0 aromatic rings. The van der Waals surface area contributed by atoms with Crippen LogP contribution in [-0.4, -0.2) is 17.8 Å². The van der Waals surface area contributed by atoms with E-state index < -0.39 is 0 Å². The summed E-state index contributed by atoms with van der Waals surface area (Å²) in [7, 11) is 0. The van der Waals surface area contributed by atoms with Crippen LogP contribution in [0.25, 0.3) is 0 Å². The smallest absolute Gasteiger partial charge is 0.0678 e. The zero-order valence-electron chi connectivity index (χ0n) is 5.25. The van der Waals surface area contributed by atoms with Gasteiger partial charge < -0.3 is 10.8 Å². The van der Waals surface area contributed by atoms with Gasteiger partial charge in [-0.15, -0.1) is 0 Å². The molecule has 0 amide bonds. The van der Waals surface area contributed by atoms with Gasteiger partial charge in [-0.1, -0.05) is 18.2 Å². The average molecular weight is 125 g/mol. The Hall–Kier alpha value is -0.600. The Balaban J connectivity index is 2.52. The van der Waals surface area contributed by atoms with Gasteiger partial charge in [-0.05, 0) is 12.0 Å². The van der Waals surface area contributed by atoms with Crippen LogP contribution >= 0.6 is 0 Å². The quantitative estimate of drug-likeness (QED) is 0.525. The molecule has 9 heavy (non-hydrogen) atoms. The van der Waals surface area contributed by atoms with Crippen molar-refractivity contribution in [3.05, 3.63) is 23.8 Å². The first-order valence-corrected chi connectivity index (χ1v) is 3.06. The fourth-order valence-electron chi connectivity index (χ4n) is 0.799. The van der Waals surface area contributed by atoms with E-state index in [9.17, 15) is 0 Å². The van der Waals surface area contributed by atoms with Crippen LogP contribution in [0.1, 0.15) is 6.42 Å². The van der Waals surface area contributed by atoms with E-state index in [1.807, 2.05) is 18.2 Å². The van der Waals surface area contributed by atoms with Gasteiger partial charge in [0.05, 0.1) is 6.61 Å². The number of aliphatic hydroxyl groups is 1. The van der Waals surface area contributed by atoms with Crippen LogP contribution in [0.4, 0.5) is 0 Å². The molecule has 0 saturated carbocycles. The molecule has 50 valence electrons. The molecule has 2 heteroatoms. The summed E-state index contributed by atoms with van der Waals surface area (Å²) < 4.78 is 0. The van der Waals surface area contributed by atoms with E-state index >= 15 is 0 Å². The maximum atomic E-state index is 8.62. The summed E-state index contributed by atoms with van der Waals surface area (Å²) in [6.45, 7) is 0.128. The van der Waals surface area contributed by atoms with Crippen LogP contribution in [0.2, 0.25) is 0 Å². The molecule has 1 aliphatic carbocycles. The van der Waals surface area contributed by atoms with Crippen molar-refractivity contribution in [3.63, 3.8) is 0 Å². The molecule has 0 aromatic carbocycles. The second kappa shape index (κ2) is 2.80. The third kappa shape index (κ3) is 1.66. The second-order valence-corrected chi connectivity index (χ2v) is 2.20. The Morgan fingerprint density at radius 2 is 2.56 bits per heavy atom. The molecule has 0 unspecified atom stereocenters. The molecule has 0 bridgehead atoms. The van der Waals surface area contributed by atoms with Gasteiger partial charge in [-0.2, -0.15) is 0 Å². The zero-order valence-corrected chi connectivity index (χ0v) is 5.25. The van der Waals surface area contributed by atoms with Crippen molar-refractivity contribution in [2.45, 2.75) is 12.5 Å². The fraction of sp³-hybridized carbons (Fsp3) is 0.429. The van der Waals surface area contributed by atoms with Gasteiger partial charge in [0.1, 0.15) is 0 Å². The lowest BCUT2D eigenvalue weighted by Gasteiger charge is -2.08. The van der Waals surface area contributed by atoms with Crippen LogP contribution in [0.5, 0.6) is 0 Å². The van der Waals surface area contributed by atoms with Gasteiger partial charge in [0.2, 0.25) is 0 Å². The molecular weight excluding hydrogens is 114 g/mol. The van der Waals surface area contributed by atoms with E-state index in [1.165, 1.54) is 0 Å². The van der Waals surface area contributed by atoms with E-state index in [0.717, 1.165) is 12.0 Å². The van der Waals surface area contributed by atoms with E-state index in [-0.39, 0.29) is 12.6 Å². The molecular formula is C7H11NO. The minimum atomic E-state index is 0.128. The fourth-order valence-corrected chi connectivity index (χ4v) is 0.799. The maximum Gasteiger partial charge on any atom is 0.0678 e. The minimum absolute atomic E-state index is 0.128. The molecule has 2 nitrogen and oxygen atoms in total. The topological polar surface area (TPSA) is 46.2 Å². The first-order chi connectivity index (χ1) is 4.33. The highest BCUT2D eigenvalue weighted by molar-refractivity contribution is 5.24. The molecule has 0 aliphatic heterocycles. The first-order valence-electron chi connectivity index (χ1n) is 3.06. The summed E-state index contributed by atoms with van der Waals surface area (Å²) >= 11 is 0.